The summed E-state index contributed by atoms with van der Waals surface area (Å²) in [5, 5.41) is 7.52. The molecule has 0 radical (unpaired) electrons. The number of hydrogen-bond donors (Lipinski definition) is 1. The van der Waals surface area contributed by atoms with Gasteiger partial charge in [0.05, 0.1) is 19.7 Å². The Kier molecular flexibility index (Phi) is 6.60. The molecule has 1 atom stereocenters. The van der Waals surface area contributed by atoms with Crippen LogP contribution < -0.4 is 10.1 Å². The summed E-state index contributed by atoms with van der Waals surface area (Å²) in [4.78, 5) is 6.87. The standard InChI is InChI=1S/C17H24N4O2.ClH/c1-12(2)17-19-16(23-20-17)11-21-9-8-18-10-14(21)13-6-4-5-7-15(13)22-3;/h4-7,12,14,18H,8-11H2,1-3H3;1H. The van der Waals surface area contributed by atoms with Gasteiger partial charge in [-0.05, 0) is 6.07 Å². The van der Waals surface area contributed by atoms with E-state index in [0.29, 0.717) is 12.4 Å². The smallest absolute Gasteiger partial charge is 0.240 e. The van der Waals surface area contributed by atoms with Crippen LogP contribution in [0.3, 0.4) is 0 Å². The van der Waals surface area contributed by atoms with Crippen LogP contribution in [0.4, 0.5) is 0 Å². The second kappa shape index (κ2) is 8.46. The molecule has 132 valence electrons. The number of methoxy groups -OCH3 is 1. The van der Waals surface area contributed by atoms with Crippen molar-refractivity contribution < 1.29 is 9.26 Å². The predicted molar refractivity (Wildman–Crippen MR) is 94.6 cm³/mol. The quantitative estimate of drug-likeness (QED) is 0.892. The Morgan fingerprint density at radius 2 is 2.17 bits per heavy atom. The molecule has 1 aliphatic rings. The van der Waals surface area contributed by atoms with Gasteiger partial charge in [-0.3, -0.25) is 4.90 Å². The molecule has 1 N–H and O–H groups in total. The van der Waals surface area contributed by atoms with Crippen LogP contribution in [-0.4, -0.2) is 41.8 Å². The zero-order valence-electron chi connectivity index (χ0n) is 14.4. The molecule has 2 aromatic rings. The normalized spacial score (nSPS) is 18.4. The minimum atomic E-state index is 0. The maximum Gasteiger partial charge on any atom is 0.240 e. The monoisotopic (exact) mass is 352 g/mol. The van der Waals surface area contributed by atoms with Crippen LogP contribution in [0, 0.1) is 0 Å². The van der Waals surface area contributed by atoms with Gasteiger partial charge in [-0.15, -0.1) is 12.4 Å². The van der Waals surface area contributed by atoms with Gasteiger partial charge < -0.3 is 14.6 Å². The van der Waals surface area contributed by atoms with E-state index in [1.807, 2.05) is 18.2 Å². The number of hydrogen-bond acceptors (Lipinski definition) is 6. The molecule has 1 aliphatic heterocycles. The van der Waals surface area contributed by atoms with Crippen LogP contribution >= 0.6 is 12.4 Å². The third-order valence-electron chi connectivity index (χ3n) is 4.19. The summed E-state index contributed by atoms with van der Waals surface area (Å²) in [6, 6.07) is 8.40. The molecule has 1 aromatic heterocycles. The van der Waals surface area contributed by atoms with Gasteiger partial charge in [0.25, 0.3) is 0 Å². The van der Waals surface area contributed by atoms with E-state index in [4.69, 9.17) is 9.26 Å². The maximum absolute atomic E-state index is 5.53. The lowest BCUT2D eigenvalue weighted by Crippen LogP contribution is -2.45. The number of piperazine rings is 1. The van der Waals surface area contributed by atoms with Gasteiger partial charge in [-0.25, -0.2) is 0 Å². The summed E-state index contributed by atoms with van der Waals surface area (Å²) >= 11 is 0. The van der Waals surface area contributed by atoms with E-state index in [1.165, 1.54) is 5.56 Å². The summed E-state index contributed by atoms with van der Waals surface area (Å²) < 4.78 is 10.9. The Morgan fingerprint density at radius 1 is 1.38 bits per heavy atom. The summed E-state index contributed by atoms with van der Waals surface area (Å²) in [7, 11) is 1.71. The minimum absolute atomic E-state index is 0. The number of nitrogens with one attached hydrogen (secondary N) is 1. The molecule has 1 saturated heterocycles. The molecular formula is C17H25ClN4O2. The molecule has 0 amide bonds. The number of para-hydroxylation sites is 1. The van der Waals surface area contributed by atoms with E-state index >= 15 is 0 Å². The second-order valence-corrected chi connectivity index (χ2v) is 6.13. The molecule has 0 bridgehead atoms. The average molecular weight is 353 g/mol. The first-order valence-electron chi connectivity index (χ1n) is 8.09. The number of benzene rings is 1. The van der Waals surface area contributed by atoms with Crippen LogP contribution in [0.5, 0.6) is 5.75 Å². The lowest BCUT2D eigenvalue weighted by molar-refractivity contribution is 0.133. The van der Waals surface area contributed by atoms with E-state index in [9.17, 15) is 0 Å². The van der Waals surface area contributed by atoms with Gasteiger partial charge in [0, 0.05) is 31.1 Å². The Labute approximate surface area is 149 Å². The molecular weight excluding hydrogens is 328 g/mol. The lowest BCUT2D eigenvalue weighted by atomic mass is 10.0. The SMILES string of the molecule is COc1ccccc1C1CNCCN1Cc1nc(C(C)C)no1.Cl. The van der Waals surface area contributed by atoms with Gasteiger partial charge in [0.1, 0.15) is 5.75 Å². The molecule has 0 aliphatic carbocycles. The van der Waals surface area contributed by atoms with Crippen molar-refractivity contribution in [2.75, 3.05) is 26.7 Å². The van der Waals surface area contributed by atoms with Gasteiger partial charge in [0.15, 0.2) is 5.82 Å². The van der Waals surface area contributed by atoms with Gasteiger partial charge in [-0.1, -0.05) is 37.2 Å². The number of halogens is 1. The number of nitrogens with zero attached hydrogens (tertiary/aromatic N) is 3. The molecule has 2 heterocycles. The van der Waals surface area contributed by atoms with Crippen molar-refractivity contribution in [3.63, 3.8) is 0 Å². The molecule has 0 saturated carbocycles. The summed E-state index contributed by atoms with van der Waals surface area (Å²) in [5.41, 5.74) is 1.19. The van der Waals surface area contributed by atoms with E-state index < -0.39 is 0 Å². The topological polar surface area (TPSA) is 63.4 Å². The number of aromatic nitrogens is 2. The fourth-order valence-corrected chi connectivity index (χ4v) is 2.92. The Balaban J connectivity index is 0.00000208. The van der Waals surface area contributed by atoms with E-state index in [2.05, 4.69) is 40.3 Å². The van der Waals surface area contributed by atoms with Crippen LogP contribution in [0.25, 0.3) is 0 Å². The Morgan fingerprint density at radius 3 is 2.88 bits per heavy atom. The van der Waals surface area contributed by atoms with Crippen molar-refractivity contribution in [1.29, 1.82) is 0 Å². The fraction of sp³-hybridized carbons (Fsp3) is 0.529. The average Bonchev–Trinajstić information content (AvgIpc) is 3.04. The number of ether oxygens (including phenoxy) is 1. The third kappa shape index (κ3) is 4.06. The van der Waals surface area contributed by atoms with Crippen molar-refractivity contribution >= 4 is 12.4 Å². The summed E-state index contributed by atoms with van der Waals surface area (Å²) in [5.74, 6) is 2.64. The molecule has 6 nitrogen and oxygen atoms in total. The second-order valence-electron chi connectivity index (χ2n) is 6.13. The van der Waals surface area contributed by atoms with Crippen molar-refractivity contribution in [2.24, 2.45) is 0 Å². The van der Waals surface area contributed by atoms with E-state index in [-0.39, 0.29) is 24.4 Å². The highest BCUT2D eigenvalue weighted by Crippen LogP contribution is 2.31. The molecule has 3 rings (SSSR count). The first kappa shape index (κ1) is 18.7. The third-order valence-corrected chi connectivity index (χ3v) is 4.19. The van der Waals surface area contributed by atoms with E-state index in [1.54, 1.807) is 7.11 Å². The van der Waals surface area contributed by atoms with Crippen molar-refractivity contribution in [1.82, 2.24) is 20.4 Å². The molecule has 0 spiro atoms. The van der Waals surface area contributed by atoms with Crippen LogP contribution in [-0.2, 0) is 6.54 Å². The maximum atomic E-state index is 5.53. The zero-order valence-corrected chi connectivity index (χ0v) is 15.2. The van der Waals surface area contributed by atoms with Gasteiger partial charge >= 0.3 is 0 Å². The van der Waals surface area contributed by atoms with Crippen molar-refractivity contribution in [3.8, 4) is 5.75 Å². The summed E-state index contributed by atoms with van der Waals surface area (Å²) in [6.45, 7) is 7.56. The molecule has 7 heteroatoms. The Hall–Kier alpha value is -1.63. The van der Waals surface area contributed by atoms with Gasteiger partial charge in [0.2, 0.25) is 5.89 Å². The first-order chi connectivity index (χ1) is 11.2. The molecule has 1 fully saturated rings. The highest BCUT2D eigenvalue weighted by atomic mass is 35.5. The molecule has 24 heavy (non-hydrogen) atoms. The van der Waals surface area contributed by atoms with E-state index in [0.717, 1.165) is 31.2 Å². The summed E-state index contributed by atoms with van der Waals surface area (Å²) in [6.07, 6.45) is 0. The number of rotatable bonds is 5. The van der Waals surface area contributed by atoms with Gasteiger partial charge in [-0.2, -0.15) is 4.98 Å². The Bertz CT molecular complexity index is 647. The minimum Gasteiger partial charge on any atom is -0.496 e. The van der Waals surface area contributed by atoms with Crippen LogP contribution in [0.2, 0.25) is 0 Å². The first-order valence-corrected chi connectivity index (χ1v) is 8.09. The van der Waals surface area contributed by atoms with Crippen LogP contribution in [0.1, 0.15) is 43.1 Å². The molecule has 1 unspecified atom stereocenters. The largest absolute Gasteiger partial charge is 0.496 e. The lowest BCUT2D eigenvalue weighted by Gasteiger charge is -2.36. The molecule has 1 aromatic carbocycles. The highest BCUT2D eigenvalue weighted by molar-refractivity contribution is 5.85. The van der Waals surface area contributed by atoms with Crippen molar-refractivity contribution in [2.45, 2.75) is 32.4 Å². The van der Waals surface area contributed by atoms with Crippen molar-refractivity contribution in [3.05, 3.63) is 41.5 Å². The zero-order chi connectivity index (χ0) is 16.2. The highest BCUT2D eigenvalue weighted by Gasteiger charge is 2.27. The predicted octanol–water partition coefficient (Wildman–Crippen LogP) is 2.77. The fourth-order valence-electron chi connectivity index (χ4n) is 2.92. The van der Waals surface area contributed by atoms with Crippen LogP contribution in [0.15, 0.2) is 28.8 Å².